The van der Waals surface area contributed by atoms with E-state index in [1.807, 2.05) is 5.38 Å². The van der Waals surface area contributed by atoms with Crippen LogP contribution >= 0.6 is 11.3 Å². The van der Waals surface area contributed by atoms with Gasteiger partial charge < -0.3 is 9.84 Å². The fourth-order valence-corrected chi connectivity index (χ4v) is 2.72. The van der Waals surface area contributed by atoms with Crippen molar-refractivity contribution < 1.29 is 9.84 Å². The predicted octanol–water partition coefficient (Wildman–Crippen LogP) is 2.31. The normalized spacial score (nSPS) is 24.0. The summed E-state index contributed by atoms with van der Waals surface area (Å²) in [5.41, 5.74) is 0.985. The minimum Gasteiger partial charge on any atom is -0.393 e. The standard InChI is InChI=1S/C11H17NO2S/c1-8(13)6-9-7-15-11(12-9)10-4-2-3-5-14-10/h7-8,10,13H,2-6H2,1H3. The number of aromatic nitrogens is 1. The van der Waals surface area contributed by atoms with Crippen molar-refractivity contribution in [3.63, 3.8) is 0 Å². The molecule has 3 nitrogen and oxygen atoms in total. The quantitative estimate of drug-likeness (QED) is 0.861. The molecule has 15 heavy (non-hydrogen) atoms. The maximum Gasteiger partial charge on any atom is 0.122 e. The summed E-state index contributed by atoms with van der Waals surface area (Å²) < 4.78 is 5.67. The van der Waals surface area contributed by atoms with Crippen LogP contribution in [0.3, 0.4) is 0 Å². The second-order valence-corrected chi connectivity index (χ2v) is 4.98. The van der Waals surface area contributed by atoms with E-state index in [-0.39, 0.29) is 12.2 Å². The average Bonchev–Trinajstić information content (AvgIpc) is 2.67. The van der Waals surface area contributed by atoms with Gasteiger partial charge in [0, 0.05) is 18.4 Å². The van der Waals surface area contributed by atoms with E-state index in [1.165, 1.54) is 12.8 Å². The van der Waals surface area contributed by atoms with Gasteiger partial charge in [-0.25, -0.2) is 4.98 Å². The topological polar surface area (TPSA) is 42.4 Å². The summed E-state index contributed by atoms with van der Waals surface area (Å²) in [5, 5.41) is 12.4. The Labute approximate surface area is 94.1 Å². The van der Waals surface area contributed by atoms with E-state index in [9.17, 15) is 5.11 Å². The number of hydrogen-bond acceptors (Lipinski definition) is 4. The molecule has 1 fully saturated rings. The first kappa shape index (κ1) is 11.0. The van der Waals surface area contributed by atoms with Crippen molar-refractivity contribution in [1.82, 2.24) is 4.98 Å². The molecular formula is C11H17NO2S. The molecule has 1 aromatic rings. The van der Waals surface area contributed by atoms with Crippen LogP contribution in [0.5, 0.6) is 0 Å². The highest BCUT2D eigenvalue weighted by molar-refractivity contribution is 7.09. The first-order chi connectivity index (χ1) is 7.25. The van der Waals surface area contributed by atoms with Gasteiger partial charge in [-0.15, -0.1) is 11.3 Å². The summed E-state index contributed by atoms with van der Waals surface area (Å²) in [5.74, 6) is 0. The van der Waals surface area contributed by atoms with Crippen LogP contribution in [-0.4, -0.2) is 22.8 Å². The van der Waals surface area contributed by atoms with Crippen LogP contribution in [0.25, 0.3) is 0 Å². The molecular weight excluding hydrogens is 210 g/mol. The predicted molar refractivity (Wildman–Crippen MR) is 60.0 cm³/mol. The Morgan fingerprint density at radius 2 is 2.53 bits per heavy atom. The third-order valence-electron chi connectivity index (χ3n) is 2.53. The molecule has 1 aromatic heterocycles. The molecule has 0 saturated carbocycles. The Hall–Kier alpha value is -0.450. The van der Waals surface area contributed by atoms with E-state index in [1.54, 1.807) is 18.3 Å². The first-order valence-electron chi connectivity index (χ1n) is 5.49. The highest BCUT2D eigenvalue weighted by Gasteiger charge is 2.19. The number of thiazole rings is 1. The average molecular weight is 227 g/mol. The molecule has 0 spiro atoms. The van der Waals surface area contributed by atoms with Gasteiger partial charge in [-0.1, -0.05) is 0 Å². The molecule has 0 aromatic carbocycles. The zero-order valence-electron chi connectivity index (χ0n) is 8.98. The second kappa shape index (κ2) is 5.05. The van der Waals surface area contributed by atoms with Crippen molar-refractivity contribution >= 4 is 11.3 Å². The van der Waals surface area contributed by atoms with Crippen molar-refractivity contribution in [1.29, 1.82) is 0 Å². The number of aliphatic hydroxyl groups excluding tert-OH is 1. The van der Waals surface area contributed by atoms with Crippen LogP contribution in [0.1, 0.15) is 43.0 Å². The van der Waals surface area contributed by atoms with Gasteiger partial charge in [0.25, 0.3) is 0 Å². The second-order valence-electron chi connectivity index (χ2n) is 4.09. The molecule has 2 atom stereocenters. The van der Waals surface area contributed by atoms with Gasteiger partial charge in [0.1, 0.15) is 11.1 Å². The van der Waals surface area contributed by atoms with Crippen molar-refractivity contribution in [3.05, 3.63) is 16.1 Å². The fraction of sp³-hybridized carbons (Fsp3) is 0.727. The third-order valence-corrected chi connectivity index (χ3v) is 3.51. The zero-order chi connectivity index (χ0) is 10.7. The van der Waals surface area contributed by atoms with Gasteiger partial charge >= 0.3 is 0 Å². The lowest BCUT2D eigenvalue weighted by Gasteiger charge is -2.20. The molecule has 0 amide bonds. The number of nitrogens with zero attached hydrogens (tertiary/aromatic N) is 1. The highest BCUT2D eigenvalue weighted by atomic mass is 32.1. The molecule has 0 aliphatic carbocycles. The van der Waals surface area contributed by atoms with Crippen molar-refractivity contribution in [2.24, 2.45) is 0 Å². The number of rotatable bonds is 3. The van der Waals surface area contributed by atoms with Crippen LogP contribution in [0.15, 0.2) is 5.38 Å². The van der Waals surface area contributed by atoms with Crippen LogP contribution in [0.2, 0.25) is 0 Å². The molecule has 4 heteroatoms. The molecule has 0 radical (unpaired) electrons. The molecule has 0 bridgehead atoms. The fourth-order valence-electron chi connectivity index (χ4n) is 1.80. The van der Waals surface area contributed by atoms with Gasteiger partial charge in [0.2, 0.25) is 0 Å². The van der Waals surface area contributed by atoms with Crippen molar-refractivity contribution in [2.75, 3.05) is 6.61 Å². The molecule has 2 unspecified atom stereocenters. The molecule has 2 heterocycles. The Kier molecular flexibility index (Phi) is 3.72. The van der Waals surface area contributed by atoms with Crippen LogP contribution < -0.4 is 0 Å². The van der Waals surface area contributed by atoms with E-state index in [0.717, 1.165) is 23.7 Å². The van der Waals surface area contributed by atoms with Gasteiger partial charge in [-0.2, -0.15) is 0 Å². The van der Waals surface area contributed by atoms with E-state index in [2.05, 4.69) is 4.98 Å². The molecule has 1 aliphatic rings. The first-order valence-corrected chi connectivity index (χ1v) is 6.37. The molecule has 2 rings (SSSR count). The van der Waals surface area contributed by atoms with Crippen molar-refractivity contribution in [2.45, 2.75) is 44.8 Å². The van der Waals surface area contributed by atoms with Gasteiger partial charge in [0.15, 0.2) is 0 Å². The third kappa shape index (κ3) is 3.00. The van der Waals surface area contributed by atoms with Gasteiger partial charge in [-0.3, -0.25) is 0 Å². The maximum atomic E-state index is 9.26. The van der Waals surface area contributed by atoms with Gasteiger partial charge in [-0.05, 0) is 26.2 Å². The summed E-state index contributed by atoms with van der Waals surface area (Å²) in [6, 6.07) is 0. The zero-order valence-corrected chi connectivity index (χ0v) is 9.80. The summed E-state index contributed by atoms with van der Waals surface area (Å²) in [7, 11) is 0. The highest BCUT2D eigenvalue weighted by Crippen LogP contribution is 2.30. The smallest absolute Gasteiger partial charge is 0.122 e. The lowest BCUT2D eigenvalue weighted by Crippen LogP contribution is -2.11. The van der Waals surface area contributed by atoms with E-state index >= 15 is 0 Å². The Bertz CT molecular complexity index is 305. The minimum atomic E-state index is -0.313. The van der Waals surface area contributed by atoms with E-state index < -0.39 is 0 Å². The van der Waals surface area contributed by atoms with Gasteiger partial charge in [0.05, 0.1) is 11.8 Å². The number of aliphatic hydroxyl groups is 1. The Balaban J connectivity index is 1.99. The minimum absolute atomic E-state index is 0.200. The summed E-state index contributed by atoms with van der Waals surface area (Å²) in [6.45, 7) is 2.64. The summed E-state index contributed by atoms with van der Waals surface area (Å²) in [4.78, 5) is 4.51. The monoisotopic (exact) mass is 227 g/mol. The lowest BCUT2D eigenvalue weighted by molar-refractivity contribution is 0.0147. The largest absolute Gasteiger partial charge is 0.393 e. The number of ether oxygens (including phenoxy) is 1. The van der Waals surface area contributed by atoms with Crippen molar-refractivity contribution in [3.8, 4) is 0 Å². The molecule has 1 N–H and O–H groups in total. The van der Waals surface area contributed by atoms with E-state index in [4.69, 9.17) is 4.74 Å². The van der Waals surface area contributed by atoms with Crippen LogP contribution in [0.4, 0.5) is 0 Å². The molecule has 1 aliphatic heterocycles. The lowest BCUT2D eigenvalue weighted by atomic mass is 10.1. The Morgan fingerprint density at radius 1 is 1.67 bits per heavy atom. The Morgan fingerprint density at radius 3 is 3.20 bits per heavy atom. The van der Waals surface area contributed by atoms with E-state index in [0.29, 0.717) is 6.42 Å². The number of hydrogen-bond donors (Lipinski definition) is 1. The van der Waals surface area contributed by atoms with Crippen LogP contribution in [0, 0.1) is 0 Å². The summed E-state index contributed by atoms with van der Waals surface area (Å²) in [6.07, 6.45) is 4.02. The summed E-state index contributed by atoms with van der Waals surface area (Å²) >= 11 is 1.65. The van der Waals surface area contributed by atoms with Crippen LogP contribution in [-0.2, 0) is 11.2 Å². The maximum absolute atomic E-state index is 9.26. The SMILES string of the molecule is CC(O)Cc1csc(C2CCCCO2)n1. The molecule has 1 saturated heterocycles. The molecule has 84 valence electrons.